The van der Waals surface area contributed by atoms with Crippen LogP contribution in [0.5, 0.6) is 0 Å². The van der Waals surface area contributed by atoms with Crippen LogP contribution in [0.25, 0.3) is 0 Å². The van der Waals surface area contributed by atoms with Gasteiger partial charge in [-0.3, -0.25) is 4.79 Å². The molecular weight excluding hydrogens is 280 g/mol. The molecule has 1 aliphatic heterocycles. The summed E-state index contributed by atoms with van der Waals surface area (Å²) in [6.07, 6.45) is -0.556. The van der Waals surface area contributed by atoms with Crippen LogP contribution < -0.4 is 0 Å². The fourth-order valence-electron chi connectivity index (χ4n) is 2.18. The summed E-state index contributed by atoms with van der Waals surface area (Å²) in [6, 6.07) is 0. The van der Waals surface area contributed by atoms with Gasteiger partial charge in [-0.15, -0.1) is 0 Å². The largest absolute Gasteiger partial charge is 0.454 e. The van der Waals surface area contributed by atoms with Gasteiger partial charge in [0.25, 0.3) is 0 Å². The lowest BCUT2D eigenvalue weighted by molar-refractivity contribution is -0.163. The Kier molecular flexibility index (Phi) is 7.63. The average Bonchev–Trinajstić information content (AvgIpc) is 2.74. The number of unbranched alkanes of at least 4 members (excludes halogenated alkanes) is 4. The molecule has 0 spiro atoms. The first-order valence-electron chi connectivity index (χ1n) is 7.38. The maximum atomic E-state index is 11.6. The predicted molar refractivity (Wildman–Crippen MR) is 72.2 cm³/mol. The zero-order chi connectivity index (χ0) is 15.8. The van der Waals surface area contributed by atoms with Crippen molar-refractivity contribution in [3.05, 3.63) is 0 Å². The van der Waals surface area contributed by atoms with Crippen molar-refractivity contribution in [3.63, 3.8) is 0 Å². The molecule has 7 heteroatoms. The van der Waals surface area contributed by atoms with E-state index in [0.717, 1.165) is 25.7 Å². The second-order valence-corrected chi connectivity index (χ2v) is 5.22. The van der Waals surface area contributed by atoms with Gasteiger partial charge < -0.3 is 24.8 Å². The lowest BCUT2D eigenvalue weighted by Crippen LogP contribution is -2.41. The number of carbonyl (C=O) groups excluding carboxylic acids is 2. The van der Waals surface area contributed by atoms with Gasteiger partial charge in [0.1, 0.15) is 12.2 Å². The SMILES string of the molecule is CCCCCCCC(=O)O[C@H]1C(=O)O[C@H]([C@H](O)CO)[C@@H]1O. The van der Waals surface area contributed by atoms with Gasteiger partial charge in [0.05, 0.1) is 6.61 Å². The van der Waals surface area contributed by atoms with E-state index in [1.54, 1.807) is 0 Å². The number of aliphatic hydroxyl groups is 3. The fraction of sp³-hybridized carbons (Fsp3) is 0.857. The zero-order valence-corrected chi connectivity index (χ0v) is 12.2. The lowest BCUT2D eigenvalue weighted by atomic mass is 10.1. The van der Waals surface area contributed by atoms with Crippen molar-refractivity contribution in [2.45, 2.75) is 69.9 Å². The molecule has 0 unspecified atom stereocenters. The van der Waals surface area contributed by atoms with Crippen LogP contribution in [-0.2, 0) is 19.1 Å². The summed E-state index contributed by atoms with van der Waals surface area (Å²) in [7, 11) is 0. The van der Waals surface area contributed by atoms with Crippen molar-refractivity contribution in [2.24, 2.45) is 0 Å². The second kappa shape index (κ2) is 8.96. The van der Waals surface area contributed by atoms with Gasteiger partial charge in [-0.1, -0.05) is 32.6 Å². The van der Waals surface area contributed by atoms with E-state index in [2.05, 4.69) is 6.92 Å². The Morgan fingerprint density at radius 2 is 2.00 bits per heavy atom. The zero-order valence-electron chi connectivity index (χ0n) is 12.2. The van der Waals surface area contributed by atoms with Gasteiger partial charge >= 0.3 is 11.9 Å². The first-order valence-corrected chi connectivity index (χ1v) is 7.38. The van der Waals surface area contributed by atoms with E-state index in [1.165, 1.54) is 0 Å². The van der Waals surface area contributed by atoms with Crippen LogP contribution in [0.4, 0.5) is 0 Å². The van der Waals surface area contributed by atoms with Gasteiger partial charge in [-0.25, -0.2) is 4.79 Å². The van der Waals surface area contributed by atoms with Gasteiger partial charge in [0.2, 0.25) is 6.10 Å². The Morgan fingerprint density at radius 1 is 1.33 bits per heavy atom. The highest BCUT2D eigenvalue weighted by molar-refractivity contribution is 5.82. The van der Waals surface area contributed by atoms with Crippen LogP contribution in [0.3, 0.4) is 0 Å². The average molecular weight is 304 g/mol. The summed E-state index contributed by atoms with van der Waals surface area (Å²) in [6.45, 7) is 1.44. The summed E-state index contributed by atoms with van der Waals surface area (Å²) >= 11 is 0. The van der Waals surface area contributed by atoms with Crippen LogP contribution >= 0.6 is 0 Å². The van der Waals surface area contributed by atoms with Crippen molar-refractivity contribution in [3.8, 4) is 0 Å². The minimum Gasteiger partial charge on any atom is -0.454 e. The smallest absolute Gasteiger partial charge is 0.350 e. The van der Waals surface area contributed by atoms with Gasteiger partial charge in [0.15, 0.2) is 6.10 Å². The second-order valence-electron chi connectivity index (χ2n) is 5.22. The van der Waals surface area contributed by atoms with E-state index in [0.29, 0.717) is 6.42 Å². The number of cyclic esters (lactones) is 1. The monoisotopic (exact) mass is 304 g/mol. The lowest BCUT2D eigenvalue weighted by Gasteiger charge is -2.18. The quantitative estimate of drug-likeness (QED) is 0.402. The molecule has 0 aromatic carbocycles. The molecule has 7 nitrogen and oxygen atoms in total. The highest BCUT2D eigenvalue weighted by Gasteiger charge is 2.49. The molecule has 1 saturated heterocycles. The van der Waals surface area contributed by atoms with Gasteiger partial charge in [0, 0.05) is 6.42 Å². The summed E-state index contributed by atoms with van der Waals surface area (Å²) in [5.41, 5.74) is 0. The molecule has 3 N–H and O–H groups in total. The van der Waals surface area contributed by atoms with Gasteiger partial charge in [-0.05, 0) is 6.42 Å². The minimum absolute atomic E-state index is 0.174. The Bertz CT molecular complexity index is 344. The van der Waals surface area contributed by atoms with Crippen LogP contribution in [0.2, 0.25) is 0 Å². The molecule has 1 rings (SSSR count). The van der Waals surface area contributed by atoms with Crippen molar-refractivity contribution in [1.29, 1.82) is 0 Å². The van der Waals surface area contributed by atoms with Crippen LogP contribution in [0, 0.1) is 0 Å². The Labute approximate surface area is 123 Å². The van der Waals surface area contributed by atoms with Crippen molar-refractivity contribution < 1.29 is 34.4 Å². The molecule has 4 atom stereocenters. The molecule has 0 aromatic heterocycles. The molecule has 0 saturated carbocycles. The van der Waals surface area contributed by atoms with Gasteiger partial charge in [-0.2, -0.15) is 0 Å². The molecule has 1 fully saturated rings. The van der Waals surface area contributed by atoms with Crippen LogP contribution in [0.1, 0.15) is 45.4 Å². The molecule has 1 aliphatic rings. The number of hydrogen-bond acceptors (Lipinski definition) is 7. The molecule has 0 amide bonds. The molecule has 21 heavy (non-hydrogen) atoms. The van der Waals surface area contributed by atoms with Crippen molar-refractivity contribution in [1.82, 2.24) is 0 Å². The van der Waals surface area contributed by atoms with Crippen molar-refractivity contribution >= 4 is 11.9 Å². The maximum Gasteiger partial charge on any atom is 0.350 e. The van der Waals surface area contributed by atoms with Crippen LogP contribution in [0.15, 0.2) is 0 Å². The first-order chi connectivity index (χ1) is 10.0. The highest BCUT2D eigenvalue weighted by Crippen LogP contribution is 2.22. The number of esters is 2. The third-order valence-corrected chi connectivity index (χ3v) is 3.44. The van der Waals surface area contributed by atoms with E-state index in [4.69, 9.17) is 14.6 Å². The summed E-state index contributed by atoms with van der Waals surface area (Å²) in [5.74, 6) is -1.48. The number of carbonyl (C=O) groups is 2. The molecular formula is C14H24O7. The predicted octanol–water partition coefficient (Wildman–Crippen LogP) is -0.102. The Hall–Kier alpha value is -1.18. The molecule has 122 valence electrons. The van der Waals surface area contributed by atoms with E-state index < -0.39 is 43.0 Å². The molecule has 0 aliphatic carbocycles. The number of hydrogen-bond donors (Lipinski definition) is 3. The summed E-state index contributed by atoms with van der Waals surface area (Å²) in [5, 5.41) is 28.0. The topological polar surface area (TPSA) is 113 Å². The molecule has 0 bridgehead atoms. The van der Waals surface area contributed by atoms with Crippen LogP contribution in [-0.4, -0.2) is 58.3 Å². The third-order valence-electron chi connectivity index (χ3n) is 3.44. The first kappa shape index (κ1) is 17.9. The van der Waals surface area contributed by atoms with E-state index in [1.807, 2.05) is 0 Å². The molecule has 1 heterocycles. The highest BCUT2D eigenvalue weighted by atomic mass is 16.6. The van der Waals surface area contributed by atoms with E-state index in [-0.39, 0.29) is 6.42 Å². The standard InChI is InChI=1S/C14H24O7/c1-2-3-4-5-6-7-10(17)20-13-11(18)12(9(16)8-15)21-14(13)19/h9,11-13,15-16,18H,2-8H2,1H3/t9-,11+,12-,13-/m1/s1. The Morgan fingerprint density at radius 3 is 2.62 bits per heavy atom. The summed E-state index contributed by atoms with van der Waals surface area (Å²) < 4.78 is 9.63. The van der Waals surface area contributed by atoms with E-state index >= 15 is 0 Å². The number of ether oxygens (including phenoxy) is 2. The van der Waals surface area contributed by atoms with E-state index in [9.17, 15) is 19.8 Å². The molecule has 0 aromatic rings. The fourth-order valence-corrected chi connectivity index (χ4v) is 2.18. The normalized spacial score (nSPS) is 26.5. The molecule has 0 radical (unpaired) electrons. The van der Waals surface area contributed by atoms with Crippen molar-refractivity contribution in [2.75, 3.05) is 6.61 Å². The number of aliphatic hydroxyl groups excluding tert-OH is 3. The summed E-state index contributed by atoms with van der Waals surface area (Å²) in [4.78, 5) is 23.1. The maximum absolute atomic E-state index is 11.6. The third kappa shape index (κ3) is 5.26. The number of rotatable bonds is 9. The Balaban J connectivity index is 2.36. The minimum atomic E-state index is -1.47.